The third-order valence-corrected chi connectivity index (χ3v) is 7.56. The second-order valence-electron chi connectivity index (χ2n) is 8.16. The average molecular weight is 464 g/mol. The first kappa shape index (κ1) is 22.6. The molecule has 1 atom stereocenters. The van der Waals surface area contributed by atoms with Crippen molar-refractivity contribution < 1.29 is 13.2 Å². The van der Waals surface area contributed by atoms with Crippen LogP contribution in [0.25, 0.3) is 22.4 Å². The van der Waals surface area contributed by atoms with Crippen LogP contribution in [-0.2, 0) is 14.8 Å². The predicted molar refractivity (Wildman–Crippen MR) is 128 cm³/mol. The van der Waals surface area contributed by atoms with Crippen LogP contribution in [0.3, 0.4) is 0 Å². The highest BCUT2D eigenvalue weighted by molar-refractivity contribution is 7.90. The van der Waals surface area contributed by atoms with E-state index >= 15 is 0 Å². The molecule has 0 spiro atoms. The van der Waals surface area contributed by atoms with Crippen molar-refractivity contribution in [3.63, 3.8) is 0 Å². The SMILES string of the molecule is CC[C@@](C)(Nc1ccnc(-c2cn(S(=O)(=O)c3ccc(C)cc3)c3ncccc23)n1)C(C)=O. The fourth-order valence-electron chi connectivity index (χ4n) is 3.48. The molecular weight excluding hydrogens is 438 g/mol. The van der Waals surface area contributed by atoms with Crippen LogP contribution < -0.4 is 5.32 Å². The maximum atomic E-state index is 13.4. The fourth-order valence-corrected chi connectivity index (χ4v) is 4.81. The van der Waals surface area contributed by atoms with Crippen LogP contribution in [0.2, 0.25) is 0 Å². The van der Waals surface area contributed by atoms with E-state index in [9.17, 15) is 13.2 Å². The molecule has 4 aromatic rings. The van der Waals surface area contributed by atoms with Gasteiger partial charge in [0.1, 0.15) is 5.82 Å². The monoisotopic (exact) mass is 463 g/mol. The van der Waals surface area contributed by atoms with Crippen LogP contribution in [0.1, 0.15) is 32.8 Å². The Labute approximate surface area is 192 Å². The minimum absolute atomic E-state index is 0.00449. The summed E-state index contributed by atoms with van der Waals surface area (Å²) in [6.07, 6.45) is 5.20. The number of anilines is 1. The summed E-state index contributed by atoms with van der Waals surface area (Å²) in [7, 11) is -3.89. The number of carbonyl (C=O) groups is 1. The zero-order valence-electron chi connectivity index (χ0n) is 18.9. The lowest BCUT2D eigenvalue weighted by Gasteiger charge is -2.27. The molecule has 0 aliphatic heterocycles. The Hall–Kier alpha value is -3.59. The van der Waals surface area contributed by atoms with Crippen molar-refractivity contribution in [3.05, 3.63) is 66.6 Å². The molecule has 4 rings (SSSR count). The van der Waals surface area contributed by atoms with Gasteiger partial charge in [0.2, 0.25) is 0 Å². The number of aromatic nitrogens is 4. The van der Waals surface area contributed by atoms with Crippen LogP contribution in [0.4, 0.5) is 5.82 Å². The molecule has 0 bridgehead atoms. The van der Waals surface area contributed by atoms with Crippen LogP contribution in [0.5, 0.6) is 0 Å². The number of nitrogens with one attached hydrogen (secondary N) is 1. The molecule has 0 saturated carbocycles. The second kappa shape index (κ2) is 8.40. The summed E-state index contributed by atoms with van der Waals surface area (Å²) in [6.45, 7) is 7.18. The number of aryl methyl sites for hydroxylation is 1. The summed E-state index contributed by atoms with van der Waals surface area (Å²) in [5.41, 5.74) is 1.01. The van der Waals surface area contributed by atoms with E-state index in [0.717, 1.165) is 9.54 Å². The third kappa shape index (κ3) is 4.11. The highest BCUT2D eigenvalue weighted by Crippen LogP contribution is 2.31. The molecule has 1 aromatic carbocycles. The van der Waals surface area contributed by atoms with E-state index in [2.05, 4.69) is 20.3 Å². The summed E-state index contributed by atoms with van der Waals surface area (Å²) in [5.74, 6) is 0.804. The van der Waals surface area contributed by atoms with E-state index in [1.807, 2.05) is 20.8 Å². The predicted octanol–water partition coefficient (Wildman–Crippen LogP) is 4.21. The van der Waals surface area contributed by atoms with Crippen LogP contribution >= 0.6 is 0 Å². The van der Waals surface area contributed by atoms with Crippen LogP contribution in [0.15, 0.2) is 66.0 Å². The zero-order chi connectivity index (χ0) is 23.8. The first-order chi connectivity index (χ1) is 15.7. The Balaban J connectivity index is 1.84. The van der Waals surface area contributed by atoms with E-state index in [1.54, 1.807) is 54.9 Å². The molecule has 0 unspecified atom stereocenters. The van der Waals surface area contributed by atoms with Gasteiger partial charge in [0, 0.05) is 29.5 Å². The summed E-state index contributed by atoms with van der Waals surface area (Å²) < 4.78 is 28.0. The normalized spacial score (nSPS) is 13.6. The largest absolute Gasteiger partial charge is 0.358 e. The number of hydrogen-bond acceptors (Lipinski definition) is 7. The zero-order valence-corrected chi connectivity index (χ0v) is 19.7. The first-order valence-corrected chi connectivity index (χ1v) is 12.0. The van der Waals surface area contributed by atoms with Crippen molar-refractivity contribution in [2.75, 3.05) is 5.32 Å². The van der Waals surface area contributed by atoms with Gasteiger partial charge in [-0.3, -0.25) is 4.79 Å². The van der Waals surface area contributed by atoms with Crippen molar-refractivity contribution in [2.24, 2.45) is 0 Å². The van der Waals surface area contributed by atoms with Gasteiger partial charge in [-0.05, 0) is 57.5 Å². The lowest BCUT2D eigenvalue weighted by molar-refractivity contribution is -0.120. The number of pyridine rings is 1. The molecule has 3 aromatic heterocycles. The van der Waals surface area contributed by atoms with Gasteiger partial charge in [0.25, 0.3) is 10.0 Å². The fraction of sp³-hybridized carbons (Fsp3) is 0.250. The summed E-state index contributed by atoms with van der Waals surface area (Å²) in [5, 5.41) is 3.80. The van der Waals surface area contributed by atoms with Gasteiger partial charge in [-0.25, -0.2) is 27.3 Å². The molecule has 0 radical (unpaired) electrons. The van der Waals surface area contributed by atoms with Crippen molar-refractivity contribution >= 4 is 32.7 Å². The Morgan fingerprint density at radius 1 is 1.09 bits per heavy atom. The number of nitrogens with zero attached hydrogens (tertiary/aromatic N) is 4. The van der Waals surface area contributed by atoms with E-state index in [0.29, 0.717) is 29.0 Å². The molecule has 0 aliphatic carbocycles. The van der Waals surface area contributed by atoms with Gasteiger partial charge in [-0.2, -0.15) is 0 Å². The number of hydrogen-bond donors (Lipinski definition) is 1. The van der Waals surface area contributed by atoms with E-state index in [1.165, 1.54) is 13.1 Å². The molecule has 0 saturated heterocycles. The van der Waals surface area contributed by atoms with E-state index < -0.39 is 15.6 Å². The van der Waals surface area contributed by atoms with Crippen molar-refractivity contribution in [1.29, 1.82) is 0 Å². The second-order valence-corrected chi connectivity index (χ2v) is 9.98. The van der Waals surface area contributed by atoms with Gasteiger partial charge in [-0.1, -0.05) is 24.6 Å². The minimum atomic E-state index is -3.89. The Morgan fingerprint density at radius 3 is 2.48 bits per heavy atom. The minimum Gasteiger partial charge on any atom is -0.358 e. The summed E-state index contributed by atoms with van der Waals surface area (Å²) in [4.78, 5) is 25.6. The van der Waals surface area contributed by atoms with Crippen LogP contribution in [-0.4, -0.2) is 38.7 Å². The molecule has 33 heavy (non-hydrogen) atoms. The van der Waals surface area contributed by atoms with Gasteiger partial charge < -0.3 is 5.32 Å². The first-order valence-electron chi connectivity index (χ1n) is 10.6. The molecule has 170 valence electrons. The van der Waals surface area contributed by atoms with Crippen molar-refractivity contribution in [1.82, 2.24) is 18.9 Å². The Bertz CT molecular complexity index is 1440. The van der Waals surface area contributed by atoms with Gasteiger partial charge in [0.05, 0.1) is 10.4 Å². The quantitative estimate of drug-likeness (QED) is 0.437. The van der Waals surface area contributed by atoms with Gasteiger partial charge in [0.15, 0.2) is 17.3 Å². The number of fused-ring (bicyclic) bond motifs is 1. The standard InChI is InChI=1S/C24H25N5O3S/c1-5-24(4,17(3)30)28-21-12-14-25-22(27-21)20-15-29(23-19(20)7-6-13-26-23)33(31,32)18-10-8-16(2)9-11-18/h6-15H,5H2,1-4H3,(H,25,27,28)/t24-/m1/s1. The van der Waals surface area contributed by atoms with Gasteiger partial charge in [-0.15, -0.1) is 0 Å². The summed E-state index contributed by atoms with van der Waals surface area (Å²) >= 11 is 0. The average Bonchev–Trinajstić information content (AvgIpc) is 3.20. The molecule has 0 fully saturated rings. The highest BCUT2D eigenvalue weighted by Gasteiger charge is 2.28. The topological polar surface area (TPSA) is 107 Å². The maximum absolute atomic E-state index is 13.4. The molecular formula is C24H25N5O3S. The number of rotatable bonds is 7. The van der Waals surface area contributed by atoms with Crippen molar-refractivity contribution in [3.8, 4) is 11.4 Å². The molecule has 8 nitrogen and oxygen atoms in total. The van der Waals surface area contributed by atoms with Gasteiger partial charge >= 0.3 is 0 Å². The van der Waals surface area contributed by atoms with E-state index in [-0.39, 0.29) is 16.3 Å². The molecule has 0 aliphatic rings. The lowest BCUT2D eigenvalue weighted by Crippen LogP contribution is -2.41. The smallest absolute Gasteiger partial charge is 0.269 e. The number of ketones is 1. The highest BCUT2D eigenvalue weighted by atomic mass is 32.2. The van der Waals surface area contributed by atoms with Crippen molar-refractivity contribution in [2.45, 2.75) is 44.6 Å². The summed E-state index contributed by atoms with van der Waals surface area (Å²) in [6, 6.07) is 11.9. The molecule has 1 N–H and O–H groups in total. The molecule has 0 amide bonds. The number of carbonyl (C=O) groups excluding carboxylic acids is 1. The Morgan fingerprint density at radius 2 is 1.82 bits per heavy atom. The number of Topliss-reactive ketones (excluding diaryl/α,β-unsaturated/α-hetero) is 1. The molecule has 9 heteroatoms. The lowest BCUT2D eigenvalue weighted by atomic mass is 9.94. The Kier molecular flexibility index (Phi) is 5.75. The van der Waals surface area contributed by atoms with E-state index in [4.69, 9.17) is 0 Å². The number of benzene rings is 1. The van der Waals surface area contributed by atoms with Crippen LogP contribution in [0, 0.1) is 6.92 Å². The maximum Gasteiger partial charge on any atom is 0.269 e. The molecule has 3 heterocycles. The third-order valence-electron chi connectivity index (χ3n) is 5.89.